The largest absolute Gasteiger partial charge is 0.496 e. The monoisotopic (exact) mass is 525 g/mol. The van der Waals surface area contributed by atoms with Crippen LogP contribution in [0.5, 0.6) is 5.75 Å². The molecule has 39 heavy (non-hydrogen) atoms. The van der Waals surface area contributed by atoms with Crippen LogP contribution >= 0.6 is 0 Å². The average molecular weight is 526 g/mol. The molecule has 1 aliphatic heterocycles. The average Bonchev–Trinajstić information content (AvgIpc) is 3.43. The number of hydrogen-bond donors (Lipinski definition) is 2. The van der Waals surface area contributed by atoms with E-state index in [2.05, 4.69) is 68.7 Å². The van der Waals surface area contributed by atoms with Crippen LogP contribution in [-0.4, -0.2) is 63.3 Å². The maximum Gasteiger partial charge on any atom is 0.335 e. The number of carboxylic acids is 1. The molecular formula is C31H35N5O3. The van der Waals surface area contributed by atoms with E-state index in [1.54, 1.807) is 19.4 Å². The number of nitrogens with one attached hydrogen (secondary N) is 1. The first-order valence-corrected chi connectivity index (χ1v) is 13.5. The highest BCUT2D eigenvalue weighted by atomic mass is 16.5. The van der Waals surface area contributed by atoms with E-state index in [9.17, 15) is 9.90 Å². The number of methoxy groups -OCH3 is 1. The van der Waals surface area contributed by atoms with E-state index >= 15 is 0 Å². The number of rotatable bonds is 11. The zero-order valence-electron chi connectivity index (χ0n) is 22.3. The molecule has 1 aliphatic rings. The molecule has 0 bridgehead atoms. The quantitative estimate of drug-likeness (QED) is 0.298. The number of pyridine rings is 1. The van der Waals surface area contributed by atoms with E-state index in [1.807, 2.05) is 10.8 Å². The molecule has 0 radical (unpaired) electrons. The van der Waals surface area contributed by atoms with Gasteiger partial charge in [-0.2, -0.15) is 0 Å². The van der Waals surface area contributed by atoms with Gasteiger partial charge in [-0.25, -0.2) is 9.78 Å². The topological polar surface area (TPSA) is 92.5 Å². The molecule has 0 amide bonds. The van der Waals surface area contributed by atoms with Crippen molar-refractivity contribution >= 4 is 5.97 Å². The molecule has 1 saturated heterocycles. The van der Waals surface area contributed by atoms with Crippen molar-refractivity contribution in [2.75, 3.05) is 26.7 Å². The summed E-state index contributed by atoms with van der Waals surface area (Å²) in [5.41, 5.74) is 4.34. The molecule has 4 aromatic rings. The van der Waals surface area contributed by atoms with Gasteiger partial charge in [-0.15, -0.1) is 0 Å². The number of imidazole rings is 1. The summed E-state index contributed by atoms with van der Waals surface area (Å²) in [4.78, 5) is 22.7. The highest BCUT2D eigenvalue weighted by Gasteiger charge is 2.19. The fourth-order valence-corrected chi connectivity index (χ4v) is 5.18. The predicted octanol–water partition coefficient (Wildman–Crippen LogP) is 4.50. The van der Waals surface area contributed by atoms with Gasteiger partial charge in [0.05, 0.1) is 19.2 Å². The van der Waals surface area contributed by atoms with E-state index in [1.165, 1.54) is 23.4 Å². The Morgan fingerprint density at radius 2 is 1.82 bits per heavy atom. The number of benzene rings is 2. The first-order valence-electron chi connectivity index (χ1n) is 13.5. The van der Waals surface area contributed by atoms with Crippen molar-refractivity contribution in [1.29, 1.82) is 0 Å². The zero-order chi connectivity index (χ0) is 27.0. The lowest BCUT2D eigenvalue weighted by molar-refractivity contribution is 0.0696. The van der Waals surface area contributed by atoms with Gasteiger partial charge in [-0.05, 0) is 68.2 Å². The van der Waals surface area contributed by atoms with Crippen LogP contribution in [0.1, 0.15) is 39.9 Å². The molecule has 202 valence electrons. The van der Waals surface area contributed by atoms with Gasteiger partial charge in [0.1, 0.15) is 11.4 Å². The number of likely N-dealkylation sites (tertiary alicyclic amines) is 1. The van der Waals surface area contributed by atoms with Crippen LogP contribution in [0, 0.1) is 0 Å². The molecule has 5 rings (SSSR count). The fraction of sp³-hybridized carbons (Fsp3) is 0.323. The maximum absolute atomic E-state index is 11.4. The highest BCUT2D eigenvalue weighted by molar-refractivity contribution is 5.88. The Morgan fingerprint density at radius 1 is 1.00 bits per heavy atom. The van der Waals surface area contributed by atoms with Gasteiger partial charge in [0.15, 0.2) is 5.82 Å². The second-order valence-corrected chi connectivity index (χ2v) is 10.0. The lowest BCUT2D eigenvalue weighted by Crippen LogP contribution is -2.42. The maximum atomic E-state index is 11.4. The van der Waals surface area contributed by atoms with Gasteiger partial charge in [0, 0.05) is 36.7 Å². The van der Waals surface area contributed by atoms with Gasteiger partial charge in [0.2, 0.25) is 0 Å². The fourth-order valence-electron chi connectivity index (χ4n) is 5.18. The summed E-state index contributed by atoms with van der Waals surface area (Å²) in [7, 11) is 1.70. The Labute approximate surface area is 229 Å². The van der Waals surface area contributed by atoms with Crippen molar-refractivity contribution in [3.05, 3.63) is 102 Å². The van der Waals surface area contributed by atoms with Crippen LogP contribution in [-0.2, 0) is 19.5 Å². The number of carboxylic acid groups (broad SMARTS) is 1. The Kier molecular flexibility index (Phi) is 8.65. The van der Waals surface area contributed by atoms with Crippen LogP contribution in [0.25, 0.3) is 11.5 Å². The predicted molar refractivity (Wildman–Crippen MR) is 151 cm³/mol. The van der Waals surface area contributed by atoms with Crippen LogP contribution in [0.3, 0.4) is 0 Å². The molecular weight excluding hydrogens is 490 g/mol. The van der Waals surface area contributed by atoms with Gasteiger partial charge in [-0.3, -0.25) is 9.88 Å². The molecule has 2 N–H and O–H groups in total. The standard InChI is InChI=1S/C31H35N5O3/c1-39-29-19-24(21-35-16-11-27(12-17-35)32-13-9-23-5-3-2-4-6-23)7-8-26(29)22-36-18-15-34-30(36)28-20-25(31(37)38)10-14-33-28/h2-8,10,14-15,18-20,27,32H,9,11-13,16-17,21-22H2,1H3,(H,37,38). The molecule has 0 aliphatic carbocycles. The SMILES string of the molecule is COc1cc(CN2CCC(NCCc3ccccc3)CC2)ccc1Cn1ccnc1-c1cc(C(=O)O)ccn1. The third-order valence-corrected chi connectivity index (χ3v) is 7.33. The van der Waals surface area contributed by atoms with Crippen molar-refractivity contribution in [2.24, 2.45) is 0 Å². The van der Waals surface area contributed by atoms with Crippen molar-refractivity contribution in [3.63, 3.8) is 0 Å². The van der Waals surface area contributed by atoms with Crippen molar-refractivity contribution < 1.29 is 14.6 Å². The van der Waals surface area contributed by atoms with E-state index < -0.39 is 5.97 Å². The molecule has 0 unspecified atom stereocenters. The normalized spacial score (nSPS) is 14.4. The van der Waals surface area contributed by atoms with Crippen LogP contribution < -0.4 is 10.1 Å². The van der Waals surface area contributed by atoms with Gasteiger partial charge < -0.3 is 19.7 Å². The summed E-state index contributed by atoms with van der Waals surface area (Å²) < 4.78 is 7.72. The van der Waals surface area contributed by atoms with Crippen molar-refractivity contribution in [1.82, 2.24) is 24.8 Å². The minimum Gasteiger partial charge on any atom is -0.496 e. The molecule has 2 aromatic carbocycles. The number of piperidine rings is 1. The van der Waals surface area contributed by atoms with E-state index in [-0.39, 0.29) is 5.56 Å². The second kappa shape index (κ2) is 12.7. The third-order valence-electron chi connectivity index (χ3n) is 7.33. The molecule has 0 atom stereocenters. The van der Waals surface area contributed by atoms with E-state index in [0.717, 1.165) is 56.8 Å². The van der Waals surface area contributed by atoms with Crippen LogP contribution in [0.4, 0.5) is 0 Å². The summed E-state index contributed by atoms with van der Waals surface area (Å²) in [5.74, 6) is 0.457. The molecule has 1 fully saturated rings. The van der Waals surface area contributed by atoms with Crippen LogP contribution in [0.2, 0.25) is 0 Å². The van der Waals surface area contributed by atoms with E-state index in [4.69, 9.17) is 4.74 Å². The number of hydrogen-bond acceptors (Lipinski definition) is 6. The lowest BCUT2D eigenvalue weighted by Gasteiger charge is -2.32. The lowest BCUT2D eigenvalue weighted by atomic mass is 10.0. The highest BCUT2D eigenvalue weighted by Crippen LogP contribution is 2.25. The van der Waals surface area contributed by atoms with Gasteiger partial charge in [-0.1, -0.05) is 42.5 Å². The Hall–Kier alpha value is -4.01. The number of ether oxygens (including phenoxy) is 1. The van der Waals surface area contributed by atoms with Crippen LogP contribution in [0.15, 0.2) is 79.3 Å². The molecule has 3 heterocycles. The summed E-state index contributed by atoms with van der Waals surface area (Å²) in [6.07, 6.45) is 8.45. The van der Waals surface area contributed by atoms with Crippen molar-refractivity contribution in [2.45, 2.75) is 38.4 Å². The third kappa shape index (κ3) is 6.90. The smallest absolute Gasteiger partial charge is 0.335 e. The van der Waals surface area contributed by atoms with Gasteiger partial charge >= 0.3 is 5.97 Å². The molecule has 0 saturated carbocycles. The molecule has 0 spiro atoms. The number of carbonyl (C=O) groups is 1. The zero-order valence-corrected chi connectivity index (χ0v) is 22.3. The first kappa shape index (κ1) is 26.6. The first-order chi connectivity index (χ1) is 19.1. The second-order valence-electron chi connectivity index (χ2n) is 10.0. The molecule has 8 heteroatoms. The minimum absolute atomic E-state index is 0.184. The number of nitrogens with zero attached hydrogens (tertiary/aromatic N) is 4. The van der Waals surface area contributed by atoms with Gasteiger partial charge in [0.25, 0.3) is 0 Å². The Balaban J connectivity index is 1.16. The minimum atomic E-state index is -0.988. The molecule has 8 nitrogen and oxygen atoms in total. The summed E-state index contributed by atoms with van der Waals surface area (Å²) >= 11 is 0. The number of aromatic nitrogens is 3. The van der Waals surface area contributed by atoms with E-state index in [0.29, 0.717) is 24.1 Å². The Morgan fingerprint density at radius 3 is 2.59 bits per heavy atom. The summed E-state index contributed by atoms with van der Waals surface area (Å²) in [6.45, 7) is 4.61. The summed E-state index contributed by atoms with van der Waals surface area (Å²) in [5, 5.41) is 13.1. The number of aromatic carboxylic acids is 1. The Bertz CT molecular complexity index is 1380. The molecule has 2 aromatic heterocycles. The summed E-state index contributed by atoms with van der Waals surface area (Å²) in [6, 6.07) is 20.7. The van der Waals surface area contributed by atoms with Crippen molar-refractivity contribution in [3.8, 4) is 17.3 Å².